The molecule has 0 saturated carbocycles. The summed E-state index contributed by atoms with van der Waals surface area (Å²) in [6.45, 7) is 5.14. The number of H-pyrrole nitrogens is 1. The fourth-order valence-corrected chi connectivity index (χ4v) is 3.51. The quantitative estimate of drug-likeness (QED) is 0.905. The van der Waals surface area contributed by atoms with E-state index < -0.39 is 10.0 Å². The van der Waals surface area contributed by atoms with Crippen molar-refractivity contribution in [3.63, 3.8) is 0 Å². The zero-order chi connectivity index (χ0) is 14.9. The summed E-state index contributed by atoms with van der Waals surface area (Å²) in [4.78, 5) is 0.188. The van der Waals surface area contributed by atoms with E-state index in [1.807, 2.05) is 6.92 Å². The molecule has 2 N–H and O–H groups in total. The van der Waals surface area contributed by atoms with Crippen LogP contribution in [-0.2, 0) is 10.0 Å². The normalized spacial score (nSPS) is 11.4. The Hall–Kier alpha value is -2.02. The van der Waals surface area contributed by atoms with Crippen molar-refractivity contribution in [3.05, 3.63) is 35.2 Å². The van der Waals surface area contributed by atoms with Gasteiger partial charge in [0.05, 0.1) is 24.2 Å². The van der Waals surface area contributed by atoms with E-state index in [-0.39, 0.29) is 4.90 Å². The molecule has 1 aromatic heterocycles. The maximum Gasteiger partial charge on any atom is 0.265 e. The molecule has 2 rings (SSSR count). The van der Waals surface area contributed by atoms with Crippen LogP contribution in [0.25, 0.3) is 0 Å². The summed E-state index contributed by atoms with van der Waals surface area (Å²) in [7, 11) is -2.09. The molecule has 20 heavy (non-hydrogen) atoms. The van der Waals surface area contributed by atoms with E-state index in [1.165, 1.54) is 0 Å². The number of rotatable bonds is 4. The Kier molecular flexibility index (Phi) is 3.71. The van der Waals surface area contributed by atoms with Gasteiger partial charge in [0.15, 0.2) is 0 Å². The number of hydrogen-bond acceptors (Lipinski definition) is 4. The van der Waals surface area contributed by atoms with Crippen LogP contribution in [0.5, 0.6) is 5.75 Å². The van der Waals surface area contributed by atoms with Crippen molar-refractivity contribution in [2.75, 3.05) is 11.8 Å². The van der Waals surface area contributed by atoms with Gasteiger partial charge in [-0.3, -0.25) is 9.82 Å². The zero-order valence-electron chi connectivity index (χ0n) is 11.8. The SMILES string of the molecule is COc1ccc(NS(=O)(=O)c2c(C)n[nH]c2C)c(C)c1. The summed E-state index contributed by atoms with van der Waals surface area (Å²) < 4.78 is 32.5. The molecule has 0 aliphatic heterocycles. The summed E-state index contributed by atoms with van der Waals surface area (Å²) in [6, 6.07) is 5.16. The highest BCUT2D eigenvalue weighted by Crippen LogP contribution is 2.25. The lowest BCUT2D eigenvalue weighted by molar-refractivity contribution is 0.414. The standard InChI is InChI=1S/C13H17N3O3S/c1-8-7-11(19-4)5-6-12(8)16-20(17,18)13-9(2)14-15-10(13)3/h5-7,16H,1-4H3,(H,14,15). The minimum absolute atomic E-state index is 0.188. The fraction of sp³-hybridized carbons (Fsp3) is 0.308. The molecular weight excluding hydrogens is 278 g/mol. The second-order valence-corrected chi connectivity index (χ2v) is 6.17. The predicted molar refractivity (Wildman–Crippen MR) is 76.6 cm³/mol. The third-order valence-electron chi connectivity index (χ3n) is 3.01. The predicted octanol–water partition coefficient (Wildman–Crippen LogP) is 2.14. The van der Waals surface area contributed by atoms with E-state index in [4.69, 9.17) is 4.74 Å². The van der Waals surface area contributed by atoms with E-state index >= 15 is 0 Å². The molecule has 0 unspecified atom stereocenters. The van der Waals surface area contributed by atoms with E-state index in [2.05, 4.69) is 14.9 Å². The van der Waals surface area contributed by atoms with E-state index in [9.17, 15) is 8.42 Å². The second kappa shape index (κ2) is 5.16. The summed E-state index contributed by atoms with van der Waals surface area (Å²) in [5.74, 6) is 0.682. The molecule has 7 heteroatoms. The van der Waals surface area contributed by atoms with E-state index in [0.29, 0.717) is 22.8 Å². The van der Waals surface area contributed by atoms with Crippen molar-refractivity contribution in [2.45, 2.75) is 25.7 Å². The van der Waals surface area contributed by atoms with Gasteiger partial charge in [-0.25, -0.2) is 8.42 Å². The molecule has 2 aromatic rings. The Morgan fingerprint density at radius 2 is 1.95 bits per heavy atom. The maximum absolute atomic E-state index is 12.4. The van der Waals surface area contributed by atoms with Crippen LogP contribution in [0.1, 0.15) is 17.0 Å². The van der Waals surface area contributed by atoms with Gasteiger partial charge in [-0.05, 0) is 44.5 Å². The summed E-state index contributed by atoms with van der Waals surface area (Å²) in [5.41, 5.74) is 2.26. The first-order valence-corrected chi connectivity index (χ1v) is 7.52. The van der Waals surface area contributed by atoms with Gasteiger partial charge in [0.1, 0.15) is 10.6 Å². The summed E-state index contributed by atoms with van der Waals surface area (Å²) in [5, 5.41) is 6.58. The number of nitrogens with zero attached hydrogens (tertiary/aromatic N) is 1. The average Bonchev–Trinajstić information content (AvgIpc) is 2.72. The molecule has 1 heterocycles. The smallest absolute Gasteiger partial charge is 0.265 e. The van der Waals surface area contributed by atoms with Gasteiger partial charge < -0.3 is 4.74 Å². The molecule has 0 spiro atoms. The zero-order valence-corrected chi connectivity index (χ0v) is 12.6. The van der Waals surface area contributed by atoms with Crippen molar-refractivity contribution in [1.82, 2.24) is 10.2 Å². The third-order valence-corrected chi connectivity index (χ3v) is 4.63. The number of aromatic amines is 1. The minimum Gasteiger partial charge on any atom is -0.497 e. The molecule has 0 aliphatic carbocycles. The molecule has 0 saturated heterocycles. The topological polar surface area (TPSA) is 84.1 Å². The summed E-state index contributed by atoms with van der Waals surface area (Å²) in [6.07, 6.45) is 0. The van der Waals surface area contributed by atoms with Crippen LogP contribution in [0.2, 0.25) is 0 Å². The number of aryl methyl sites for hydroxylation is 3. The van der Waals surface area contributed by atoms with Crippen LogP contribution in [-0.4, -0.2) is 25.7 Å². The Bertz CT molecular complexity index is 716. The van der Waals surface area contributed by atoms with Crippen LogP contribution in [0.15, 0.2) is 23.1 Å². The lowest BCUT2D eigenvalue weighted by Crippen LogP contribution is -2.15. The van der Waals surface area contributed by atoms with Gasteiger partial charge in [0.2, 0.25) is 0 Å². The van der Waals surface area contributed by atoms with Gasteiger partial charge in [-0.2, -0.15) is 5.10 Å². The Morgan fingerprint density at radius 1 is 1.25 bits per heavy atom. The Balaban J connectivity index is 2.39. The largest absolute Gasteiger partial charge is 0.497 e. The van der Waals surface area contributed by atoms with Crippen LogP contribution >= 0.6 is 0 Å². The van der Waals surface area contributed by atoms with Crippen molar-refractivity contribution in [3.8, 4) is 5.75 Å². The van der Waals surface area contributed by atoms with Gasteiger partial charge in [0, 0.05) is 0 Å². The number of ether oxygens (including phenoxy) is 1. The molecule has 0 bridgehead atoms. The fourth-order valence-electron chi connectivity index (χ4n) is 2.01. The lowest BCUT2D eigenvalue weighted by Gasteiger charge is -2.11. The number of benzene rings is 1. The number of methoxy groups -OCH3 is 1. The minimum atomic E-state index is -3.66. The highest BCUT2D eigenvalue weighted by atomic mass is 32.2. The lowest BCUT2D eigenvalue weighted by atomic mass is 10.2. The van der Waals surface area contributed by atoms with Crippen LogP contribution in [0, 0.1) is 20.8 Å². The Morgan fingerprint density at radius 3 is 2.45 bits per heavy atom. The molecular formula is C13H17N3O3S. The van der Waals surface area contributed by atoms with Crippen molar-refractivity contribution >= 4 is 15.7 Å². The van der Waals surface area contributed by atoms with Gasteiger partial charge in [-0.1, -0.05) is 0 Å². The van der Waals surface area contributed by atoms with Crippen LogP contribution in [0.3, 0.4) is 0 Å². The first-order valence-electron chi connectivity index (χ1n) is 6.04. The summed E-state index contributed by atoms with van der Waals surface area (Å²) >= 11 is 0. The number of hydrogen-bond donors (Lipinski definition) is 2. The highest BCUT2D eigenvalue weighted by Gasteiger charge is 2.22. The molecule has 1 aromatic carbocycles. The number of nitrogens with one attached hydrogen (secondary N) is 2. The molecule has 0 fully saturated rings. The van der Waals surface area contributed by atoms with Gasteiger partial charge >= 0.3 is 0 Å². The first kappa shape index (κ1) is 14.4. The third kappa shape index (κ3) is 2.62. The van der Waals surface area contributed by atoms with Crippen molar-refractivity contribution in [2.24, 2.45) is 0 Å². The molecule has 6 nitrogen and oxygen atoms in total. The van der Waals surface area contributed by atoms with Crippen molar-refractivity contribution < 1.29 is 13.2 Å². The molecule has 0 aliphatic rings. The number of anilines is 1. The van der Waals surface area contributed by atoms with Gasteiger partial charge in [-0.15, -0.1) is 0 Å². The number of sulfonamides is 1. The highest BCUT2D eigenvalue weighted by molar-refractivity contribution is 7.92. The average molecular weight is 295 g/mol. The molecule has 0 amide bonds. The monoisotopic (exact) mass is 295 g/mol. The second-order valence-electron chi connectivity index (χ2n) is 4.55. The Labute approximate surface area is 118 Å². The first-order chi connectivity index (χ1) is 9.35. The molecule has 0 atom stereocenters. The van der Waals surface area contributed by atoms with Gasteiger partial charge in [0.25, 0.3) is 10.0 Å². The van der Waals surface area contributed by atoms with Crippen molar-refractivity contribution in [1.29, 1.82) is 0 Å². The molecule has 0 radical (unpaired) electrons. The molecule has 108 valence electrons. The van der Waals surface area contributed by atoms with Crippen LogP contribution in [0.4, 0.5) is 5.69 Å². The van der Waals surface area contributed by atoms with E-state index in [1.54, 1.807) is 39.2 Å². The maximum atomic E-state index is 12.4. The number of aromatic nitrogens is 2. The van der Waals surface area contributed by atoms with E-state index in [0.717, 1.165) is 5.56 Å². The van der Waals surface area contributed by atoms with Crippen LogP contribution < -0.4 is 9.46 Å².